The van der Waals surface area contributed by atoms with Gasteiger partial charge in [0.05, 0.1) is 0 Å². The van der Waals surface area contributed by atoms with Crippen LogP contribution in [0.1, 0.15) is 20.3 Å². The molecule has 4 atom stereocenters. The predicted molar refractivity (Wildman–Crippen MR) is 54.9 cm³/mol. The first-order valence-electron chi connectivity index (χ1n) is 5.89. The molecule has 4 rings (SSSR count). The van der Waals surface area contributed by atoms with Crippen molar-refractivity contribution in [2.75, 3.05) is 32.7 Å². The summed E-state index contributed by atoms with van der Waals surface area (Å²) in [7, 11) is 0. The summed E-state index contributed by atoms with van der Waals surface area (Å²) in [5, 5.41) is 9.99. The molecule has 80 valence electrons. The maximum Gasteiger partial charge on any atom is 0.0405 e. The summed E-state index contributed by atoms with van der Waals surface area (Å²) in [4.78, 5) is 0. The fraction of sp³-hybridized carbons (Fsp3) is 1.00. The Bertz CT molecular complexity index is 212. The van der Waals surface area contributed by atoms with Gasteiger partial charge in [-0.1, -0.05) is 6.92 Å². The maximum absolute atomic E-state index is 2.55. The van der Waals surface area contributed by atoms with Crippen LogP contribution >= 0.6 is 0 Å². The molecule has 4 aliphatic heterocycles. The minimum absolute atomic E-state index is 0.787. The molecule has 4 heterocycles. The summed E-state index contributed by atoms with van der Waals surface area (Å²) in [6, 6.07) is 0.787. The van der Waals surface area contributed by atoms with Crippen molar-refractivity contribution < 1.29 is 0 Å². The van der Waals surface area contributed by atoms with Crippen molar-refractivity contribution in [2.45, 2.75) is 26.3 Å². The first-order chi connectivity index (χ1) is 6.83. The number of nitrogens with zero attached hydrogens (tertiary/aromatic N) is 4. The quantitative estimate of drug-likeness (QED) is 0.633. The van der Waals surface area contributed by atoms with Gasteiger partial charge in [0.25, 0.3) is 0 Å². The minimum atomic E-state index is 0.787. The molecule has 0 aromatic heterocycles. The highest BCUT2D eigenvalue weighted by atomic mass is 16.0. The van der Waals surface area contributed by atoms with Crippen LogP contribution in [-0.2, 0) is 0 Å². The van der Waals surface area contributed by atoms with E-state index in [9.17, 15) is 0 Å². The molecule has 4 nitrogen and oxygen atoms in total. The molecule has 0 saturated carbocycles. The average Bonchev–Trinajstić information content (AvgIpc) is 2.17. The number of piperidine rings is 1. The Balaban J connectivity index is 1.87. The number of rotatable bonds is 2. The van der Waals surface area contributed by atoms with Gasteiger partial charge < -0.3 is 0 Å². The van der Waals surface area contributed by atoms with Gasteiger partial charge in [0.15, 0.2) is 0 Å². The first kappa shape index (κ1) is 9.09. The third kappa shape index (κ3) is 1.08. The summed E-state index contributed by atoms with van der Waals surface area (Å²) in [6.07, 6.45) is 1.42. The van der Waals surface area contributed by atoms with E-state index < -0.39 is 0 Å². The molecule has 0 amide bonds. The second kappa shape index (κ2) is 3.17. The van der Waals surface area contributed by atoms with E-state index in [1.807, 2.05) is 0 Å². The topological polar surface area (TPSA) is 13.0 Å². The second-order valence-electron chi connectivity index (χ2n) is 4.63. The van der Waals surface area contributed by atoms with Gasteiger partial charge in [0.1, 0.15) is 0 Å². The SMILES string of the molecule is CCN1C2CC3CN(C2)N(CC)N1C3. The van der Waals surface area contributed by atoms with E-state index in [2.05, 4.69) is 34.1 Å². The number of likely N-dealkylation sites (N-methyl/N-ethyl adjacent to an activating group) is 1. The number of hydrogen-bond donors (Lipinski definition) is 0. The lowest BCUT2D eigenvalue weighted by molar-refractivity contribution is -0.376. The van der Waals surface area contributed by atoms with E-state index in [1.165, 1.54) is 26.1 Å². The van der Waals surface area contributed by atoms with Crippen molar-refractivity contribution in [1.29, 1.82) is 0 Å². The van der Waals surface area contributed by atoms with E-state index >= 15 is 0 Å². The van der Waals surface area contributed by atoms with Crippen molar-refractivity contribution in [3.05, 3.63) is 0 Å². The number of hydrazine groups is 3. The highest BCUT2D eigenvalue weighted by Crippen LogP contribution is 2.35. The van der Waals surface area contributed by atoms with Crippen molar-refractivity contribution in [2.24, 2.45) is 5.92 Å². The Labute approximate surface area is 86.0 Å². The Hall–Kier alpha value is -0.160. The van der Waals surface area contributed by atoms with Gasteiger partial charge in [0, 0.05) is 38.8 Å². The van der Waals surface area contributed by atoms with Crippen LogP contribution in [0, 0.1) is 5.92 Å². The first-order valence-corrected chi connectivity index (χ1v) is 5.89. The Morgan fingerprint density at radius 3 is 2.64 bits per heavy atom. The van der Waals surface area contributed by atoms with E-state index in [0.29, 0.717) is 0 Å². The van der Waals surface area contributed by atoms with Gasteiger partial charge in [-0.05, 0) is 19.3 Å². The van der Waals surface area contributed by atoms with Crippen LogP contribution in [0.4, 0.5) is 0 Å². The van der Waals surface area contributed by atoms with Crippen LogP contribution < -0.4 is 0 Å². The number of hydrogen-bond acceptors (Lipinski definition) is 4. The van der Waals surface area contributed by atoms with Crippen molar-refractivity contribution in [1.82, 2.24) is 20.3 Å². The van der Waals surface area contributed by atoms with E-state index in [-0.39, 0.29) is 0 Å². The van der Waals surface area contributed by atoms with Crippen molar-refractivity contribution >= 4 is 0 Å². The normalized spacial score (nSPS) is 47.6. The Morgan fingerprint density at radius 2 is 1.93 bits per heavy atom. The van der Waals surface area contributed by atoms with Crippen LogP contribution in [0.3, 0.4) is 0 Å². The molecule has 4 fully saturated rings. The van der Waals surface area contributed by atoms with Gasteiger partial charge in [-0.3, -0.25) is 0 Å². The van der Waals surface area contributed by atoms with Gasteiger partial charge in [-0.15, -0.1) is 0 Å². The largest absolute Gasteiger partial charge is 0.225 e. The van der Waals surface area contributed by atoms with E-state index in [1.54, 1.807) is 0 Å². The lowest BCUT2D eigenvalue weighted by atomic mass is 9.91. The lowest BCUT2D eigenvalue weighted by Gasteiger charge is -2.63. The van der Waals surface area contributed by atoms with Crippen LogP contribution in [0.25, 0.3) is 0 Å². The molecule has 0 spiro atoms. The van der Waals surface area contributed by atoms with Crippen LogP contribution in [0.15, 0.2) is 0 Å². The highest BCUT2D eigenvalue weighted by Gasteiger charge is 2.48. The molecule has 4 heteroatoms. The van der Waals surface area contributed by atoms with E-state index in [4.69, 9.17) is 0 Å². The highest BCUT2D eigenvalue weighted by molar-refractivity contribution is 4.92. The third-order valence-corrected chi connectivity index (χ3v) is 3.84. The monoisotopic (exact) mass is 196 g/mol. The van der Waals surface area contributed by atoms with Gasteiger partial charge in [0.2, 0.25) is 0 Å². The van der Waals surface area contributed by atoms with Gasteiger partial charge >= 0.3 is 0 Å². The summed E-state index contributed by atoms with van der Waals surface area (Å²) in [6.45, 7) is 10.6. The van der Waals surface area contributed by atoms with Crippen LogP contribution in [0.2, 0.25) is 0 Å². The van der Waals surface area contributed by atoms with Crippen molar-refractivity contribution in [3.8, 4) is 0 Å². The minimum Gasteiger partial charge on any atom is -0.225 e. The smallest absolute Gasteiger partial charge is 0.0405 e. The zero-order chi connectivity index (χ0) is 9.71. The van der Waals surface area contributed by atoms with Crippen molar-refractivity contribution in [3.63, 3.8) is 0 Å². The summed E-state index contributed by atoms with van der Waals surface area (Å²) in [5.41, 5.74) is 0. The molecular formula is C10H20N4. The van der Waals surface area contributed by atoms with Gasteiger partial charge in [-0.25, -0.2) is 10.0 Å². The maximum atomic E-state index is 2.55. The molecule has 4 aliphatic rings. The zero-order valence-corrected chi connectivity index (χ0v) is 9.19. The zero-order valence-electron chi connectivity index (χ0n) is 9.19. The molecule has 14 heavy (non-hydrogen) atoms. The Morgan fingerprint density at radius 1 is 1.07 bits per heavy atom. The van der Waals surface area contributed by atoms with E-state index in [0.717, 1.165) is 25.0 Å². The molecule has 0 radical (unpaired) electrons. The summed E-state index contributed by atoms with van der Waals surface area (Å²) >= 11 is 0. The molecule has 4 saturated heterocycles. The fourth-order valence-electron chi connectivity index (χ4n) is 3.37. The molecule has 4 unspecified atom stereocenters. The molecular weight excluding hydrogens is 176 g/mol. The molecule has 0 aromatic rings. The summed E-state index contributed by atoms with van der Waals surface area (Å²) in [5.74, 6) is 0.916. The Kier molecular flexibility index (Phi) is 2.06. The standard InChI is InChI=1S/C10H20N4/c1-3-12-10-5-9-6-11(8-10)13(4-2)14(12)7-9/h9-10H,3-8H2,1-2H3. The van der Waals surface area contributed by atoms with Crippen LogP contribution in [0.5, 0.6) is 0 Å². The molecule has 4 bridgehead atoms. The third-order valence-electron chi connectivity index (χ3n) is 3.84. The molecule has 0 N–H and O–H groups in total. The average molecular weight is 196 g/mol. The fourth-order valence-corrected chi connectivity index (χ4v) is 3.37. The lowest BCUT2D eigenvalue weighted by Crippen LogP contribution is -2.77. The molecule has 0 aliphatic carbocycles. The van der Waals surface area contributed by atoms with Crippen LogP contribution in [-0.4, -0.2) is 59.0 Å². The molecule has 0 aromatic carbocycles. The van der Waals surface area contributed by atoms with Gasteiger partial charge in [-0.2, -0.15) is 10.2 Å². The second-order valence-corrected chi connectivity index (χ2v) is 4.63. The predicted octanol–water partition coefficient (Wildman–Crippen LogP) is 0.395. The summed E-state index contributed by atoms with van der Waals surface area (Å²) < 4.78 is 0.